The smallest absolute Gasteiger partial charge is 0.104 e. The molecule has 0 aliphatic rings. The maximum absolute atomic E-state index is 2.32. The molecule has 0 saturated carbocycles. The summed E-state index contributed by atoms with van der Waals surface area (Å²) < 4.78 is 0. The Bertz CT molecular complexity index is 372. The van der Waals surface area contributed by atoms with Crippen molar-refractivity contribution in [3.63, 3.8) is 0 Å². The molecular formula is C40H85Al2. The van der Waals surface area contributed by atoms with Crippen molar-refractivity contribution >= 4 is 29.4 Å². The van der Waals surface area contributed by atoms with E-state index in [0.29, 0.717) is 0 Å². The molecule has 0 atom stereocenters. The minimum absolute atomic E-state index is 0.410. The molecule has 0 saturated heterocycles. The van der Waals surface area contributed by atoms with Gasteiger partial charge in [-0.05, 0) is 0 Å². The van der Waals surface area contributed by atoms with E-state index in [1.165, 1.54) is 173 Å². The molecule has 42 heavy (non-hydrogen) atoms. The first-order valence-corrected chi connectivity index (χ1v) is 24.7. The average molecular weight is 620 g/mol. The van der Waals surface area contributed by atoms with Gasteiger partial charge in [0.05, 0.1) is 0 Å². The van der Waals surface area contributed by atoms with Crippen molar-refractivity contribution in [2.45, 2.75) is 254 Å². The lowest BCUT2D eigenvalue weighted by molar-refractivity contribution is 0.610. The van der Waals surface area contributed by atoms with Gasteiger partial charge in [0.1, 0.15) is 0 Å². The van der Waals surface area contributed by atoms with Crippen LogP contribution in [-0.2, 0) is 0 Å². The van der Waals surface area contributed by atoms with Crippen molar-refractivity contribution < 1.29 is 0 Å². The highest BCUT2D eigenvalue weighted by atomic mass is 27.2. The topological polar surface area (TPSA) is 0 Å². The van der Waals surface area contributed by atoms with Gasteiger partial charge in [0.2, 0.25) is 0 Å². The van der Waals surface area contributed by atoms with E-state index in [-0.39, 0.29) is 0 Å². The fourth-order valence-electron chi connectivity index (χ4n) is 6.36. The normalized spacial score (nSPS) is 11.0. The Morgan fingerprint density at radius 2 is 0.476 bits per heavy atom. The van der Waals surface area contributed by atoms with Crippen LogP contribution >= 0.6 is 0 Å². The van der Waals surface area contributed by atoms with Gasteiger partial charge in [-0.25, -0.2) is 0 Å². The van der Waals surface area contributed by atoms with Crippen LogP contribution in [0, 0.1) is 0 Å². The van der Waals surface area contributed by atoms with Crippen LogP contribution in [0.4, 0.5) is 0 Å². The summed E-state index contributed by atoms with van der Waals surface area (Å²) in [5.74, 6) is 0. The third-order valence-electron chi connectivity index (χ3n) is 9.42. The summed E-state index contributed by atoms with van der Waals surface area (Å²) in [6.07, 6.45) is 44.4. The minimum atomic E-state index is -0.410. The third kappa shape index (κ3) is 43.2. The molecule has 0 spiro atoms. The van der Waals surface area contributed by atoms with Crippen molar-refractivity contribution in [1.29, 1.82) is 0 Å². The van der Waals surface area contributed by atoms with Crippen LogP contribution in [0.3, 0.4) is 0 Å². The van der Waals surface area contributed by atoms with E-state index in [2.05, 4.69) is 34.6 Å². The monoisotopic (exact) mass is 620 g/mol. The van der Waals surface area contributed by atoms with Crippen LogP contribution in [0.2, 0.25) is 26.4 Å². The molecule has 0 aromatic heterocycles. The Labute approximate surface area is 281 Å². The van der Waals surface area contributed by atoms with Crippen LogP contribution < -0.4 is 0 Å². The van der Waals surface area contributed by atoms with Gasteiger partial charge in [0.25, 0.3) is 14.1 Å². The van der Waals surface area contributed by atoms with Gasteiger partial charge in [0.15, 0.2) is 15.2 Å². The maximum Gasteiger partial charge on any atom is 0.261 e. The zero-order valence-corrected chi connectivity index (χ0v) is 33.2. The molecule has 0 bridgehead atoms. The predicted molar refractivity (Wildman–Crippen MR) is 202 cm³/mol. The number of hydrogen-bond donors (Lipinski definition) is 0. The molecule has 0 amide bonds. The lowest BCUT2D eigenvalue weighted by atomic mass is 10.1. The first-order chi connectivity index (χ1) is 20.8. The van der Waals surface area contributed by atoms with Crippen LogP contribution in [0.5, 0.6) is 0 Å². The van der Waals surface area contributed by atoms with E-state index in [4.69, 9.17) is 0 Å². The molecule has 0 heterocycles. The summed E-state index contributed by atoms with van der Waals surface area (Å²) in [7, 11) is 0. The van der Waals surface area contributed by atoms with Gasteiger partial charge in [-0.3, -0.25) is 0 Å². The molecular weight excluding hydrogens is 534 g/mol. The Morgan fingerprint density at radius 3 is 0.738 bits per heavy atom. The van der Waals surface area contributed by atoms with Crippen molar-refractivity contribution in [2.75, 3.05) is 0 Å². The summed E-state index contributed by atoms with van der Waals surface area (Å²) in [4.78, 5) is 0. The Kier molecular flexibility index (Phi) is 47.5. The summed E-state index contributed by atoms with van der Waals surface area (Å²) in [5, 5.41) is 8.13. The number of unbranched alkanes of at least 4 members (excludes halogenated alkanes) is 25. The van der Waals surface area contributed by atoms with Crippen molar-refractivity contribution in [1.82, 2.24) is 0 Å². The second-order valence-corrected chi connectivity index (χ2v) is 19.1. The average Bonchev–Trinajstić information content (AvgIpc) is 3.00. The third-order valence-corrected chi connectivity index (χ3v) is 14.7. The fraction of sp³-hybridized carbons (Fsp3) is 1.00. The summed E-state index contributed by atoms with van der Waals surface area (Å²) in [6.45, 7) is 11.6. The van der Waals surface area contributed by atoms with Crippen LogP contribution in [0.1, 0.15) is 227 Å². The van der Waals surface area contributed by atoms with Gasteiger partial charge in [0, 0.05) is 0 Å². The second kappa shape index (κ2) is 44.2. The highest BCUT2D eigenvalue weighted by molar-refractivity contribution is 6.58. The van der Waals surface area contributed by atoms with E-state index >= 15 is 0 Å². The van der Waals surface area contributed by atoms with E-state index in [1.54, 1.807) is 45.7 Å². The zero-order chi connectivity index (χ0) is 31.0. The highest BCUT2D eigenvalue weighted by Crippen LogP contribution is 2.20. The van der Waals surface area contributed by atoms with Crippen LogP contribution in [-0.4, -0.2) is 29.4 Å². The quantitative estimate of drug-likeness (QED) is 0.0489. The summed E-state index contributed by atoms with van der Waals surface area (Å²) in [5.41, 5.74) is 0. The van der Waals surface area contributed by atoms with E-state index in [9.17, 15) is 0 Å². The first-order valence-electron chi connectivity index (χ1n) is 20.6. The van der Waals surface area contributed by atoms with Crippen LogP contribution in [0.25, 0.3) is 0 Å². The Hall–Kier alpha value is 1.06. The summed E-state index contributed by atoms with van der Waals surface area (Å²) in [6, 6.07) is 0. The van der Waals surface area contributed by atoms with Crippen molar-refractivity contribution in [3.05, 3.63) is 0 Å². The lowest BCUT2D eigenvalue weighted by Crippen LogP contribution is -2.12. The van der Waals surface area contributed by atoms with Gasteiger partial charge in [-0.2, -0.15) is 0 Å². The van der Waals surface area contributed by atoms with Crippen LogP contribution in [0.15, 0.2) is 0 Å². The van der Waals surface area contributed by atoms with Gasteiger partial charge in [-0.1, -0.05) is 243 Å². The molecule has 2 heteroatoms. The molecule has 0 aromatic rings. The molecule has 0 aliphatic carbocycles. The van der Waals surface area contributed by atoms with Crippen molar-refractivity contribution in [2.24, 2.45) is 0 Å². The predicted octanol–water partition coefficient (Wildman–Crippen LogP) is 15.8. The number of rotatable bonds is 35. The minimum Gasteiger partial charge on any atom is -0.104 e. The second-order valence-electron chi connectivity index (χ2n) is 13.9. The maximum atomic E-state index is 2.32. The highest BCUT2D eigenvalue weighted by Gasteiger charge is 2.15. The molecule has 251 valence electrons. The SMILES string of the molecule is CCCCCCC[CH2][Al]([CH2]CCCCCCC)[CH2]CCCCCCC.CCCCCCC[CH2][Al][CH2]CCCCCCC. The molecule has 0 rings (SSSR count). The van der Waals surface area contributed by atoms with E-state index in [0.717, 1.165) is 15.2 Å². The van der Waals surface area contributed by atoms with Gasteiger partial charge in [-0.15, -0.1) is 10.6 Å². The van der Waals surface area contributed by atoms with Crippen molar-refractivity contribution in [3.8, 4) is 0 Å². The molecule has 0 fully saturated rings. The number of hydrogen-bond acceptors (Lipinski definition) is 0. The molecule has 0 unspecified atom stereocenters. The first kappa shape index (κ1) is 45.2. The zero-order valence-electron chi connectivity index (χ0n) is 30.9. The molecule has 0 nitrogen and oxygen atoms in total. The Balaban J connectivity index is 0. The van der Waals surface area contributed by atoms with Gasteiger partial charge >= 0.3 is 0 Å². The Morgan fingerprint density at radius 1 is 0.262 bits per heavy atom. The standard InChI is InChI=1S/5C8H17.2Al/c5*1-3-5-7-8-6-4-2;;/h5*1,3-8H2,2H3;;. The molecule has 0 aromatic carbocycles. The summed E-state index contributed by atoms with van der Waals surface area (Å²) >= 11 is 0.384. The molecule has 0 aliphatic heterocycles. The van der Waals surface area contributed by atoms with E-state index in [1.807, 2.05) is 0 Å². The lowest BCUT2D eigenvalue weighted by Gasteiger charge is -2.12. The molecule has 1 radical (unpaired) electrons. The molecule has 0 N–H and O–H groups in total. The fourth-order valence-corrected chi connectivity index (χ4v) is 11.3. The largest absolute Gasteiger partial charge is 0.261 e. The van der Waals surface area contributed by atoms with E-state index < -0.39 is 14.1 Å². The van der Waals surface area contributed by atoms with Gasteiger partial charge < -0.3 is 0 Å².